The molecule has 0 spiro atoms. The Kier molecular flexibility index (Phi) is 6.93. The average Bonchev–Trinajstić information content (AvgIpc) is 2.66. The zero-order chi connectivity index (χ0) is 20.0. The molecule has 5 nitrogen and oxygen atoms in total. The van der Waals surface area contributed by atoms with Crippen molar-refractivity contribution >= 4 is 11.8 Å². The first kappa shape index (κ1) is 20.4. The molecule has 0 unspecified atom stereocenters. The Bertz CT molecular complexity index is 773. The number of rotatable bonds is 7. The number of halogens is 1. The van der Waals surface area contributed by atoms with Gasteiger partial charge in [0.25, 0.3) is 5.91 Å². The maximum Gasteiger partial charge on any atom is 0.251 e. The molecule has 0 aliphatic heterocycles. The van der Waals surface area contributed by atoms with Crippen molar-refractivity contribution < 1.29 is 18.7 Å². The third-order valence-electron chi connectivity index (χ3n) is 4.32. The molecule has 27 heavy (non-hydrogen) atoms. The van der Waals surface area contributed by atoms with Crippen LogP contribution in [0.15, 0.2) is 48.5 Å². The normalized spacial score (nSPS) is 13.0. The first-order chi connectivity index (χ1) is 12.8. The number of carbonyl (C=O) groups is 2. The van der Waals surface area contributed by atoms with Crippen LogP contribution in [-0.4, -0.2) is 25.0 Å². The predicted octanol–water partition coefficient (Wildman–Crippen LogP) is 3.47. The number of carbonyl (C=O) groups excluding carboxylic acids is 2. The van der Waals surface area contributed by atoms with Crippen molar-refractivity contribution in [3.8, 4) is 5.75 Å². The standard InChI is InChI=1S/C21H25FN2O3/c1-13(2)19(24-20(25)16-7-11-18(27-4)12-8-16)21(26)23-14(3)15-5-9-17(22)10-6-15/h5-14,19H,1-4H3,(H,23,26)(H,24,25)/t14-,19+/m1/s1. The van der Waals surface area contributed by atoms with Crippen molar-refractivity contribution in [3.63, 3.8) is 0 Å². The quantitative estimate of drug-likeness (QED) is 0.782. The zero-order valence-corrected chi connectivity index (χ0v) is 16.0. The minimum Gasteiger partial charge on any atom is -0.497 e. The van der Waals surface area contributed by atoms with Gasteiger partial charge in [-0.05, 0) is 54.8 Å². The lowest BCUT2D eigenvalue weighted by molar-refractivity contribution is -0.124. The summed E-state index contributed by atoms with van der Waals surface area (Å²) in [5.74, 6) is -0.404. The molecule has 0 radical (unpaired) electrons. The van der Waals surface area contributed by atoms with Crippen LogP contribution in [0.2, 0.25) is 0 Å². The molecule has 0 heterocycles. The summed E-state index contributed by atoms with van der Waals surface area (Å²) in [6.07, 6.45) is 0. The molecule has 0 saturated carbocycles. The molecule has 0 fully saturated rings. The molecular formula is C21H25FN2O3. The summed E-state index contributed by atoms with van der Waals surface area (Å²) >= 11 is 0. The lowest BCUT2D eigenvalue weighted by Gasteiger charge is -2.24. The molecule has 2 aromatic rings. The molecule has 0 saturated heterocycles. The van der Waals surface area contributed by atoms with Gasteiger partial charge in [-0.1, -0.05) is 26.0 Å². The van der Waals surface area contributed by atoms with Crippen LogP contribution in [0, 0.1) is 11.7 Å². The second kappa shape index (κ2) is 9.16. The third kappa shape index (κ3) is 5.54. The Morgan fingerprint density at radius 1 is 0.926 bits per heavy atom. The average molecular weight is 372 g/mol. The highest BCUT2D eigenvalue weighted by atomic mass is 19.1. The molecule has 2 rings (SSSR count). The second-order valence-corrected chi connectivity index (χ2v) is 6.71. The second-order valence-electron chi connectivity index (χ2n) is 6.71. The van der Waals surface area contributed by atoms with Crippen LogP contribution in [0.3, 0.4) is 0 Å². The van der Waals surface area contributed by atoms with Crippen molar-refractivity contribution in [1.29, 1.82) is 0 Å². The molecular weight excluding hydrogens is 347 g/mol. The number of nitrogens with one attached hydrogen (secondary N) is 2. The van der Waals surface area contributed by atoms with Crippen LogP contribution in [0.1, 0.15) is 42.7 Å². The minimum absolute atomic E-state index is 0.104. The number of hydrogen-bond acceptors (Lipinski definition) is 3. The molecule has 2 amide bonds. The van der Waals surface area contributed by atoms with Crippen LogP contribution < -0.4 is 15.4 Å². The Morgan fingerprint density at radius 3 is 2.04 bits per heavy atom. The topological polar surface area (TPSA) is 67.4 Å². The van der Waals surface area contributed by atoms with Crippen molar-refractivity contribution in [2.75, 3.05) is 7.11 Å². The van der Waals surface area contributed by atoms with E-state index in [0.717, 1.165) is 5.56 Å². The Morgan fingerprint density at radius 2 is 1.52 bits per heavy atom. The highest BCUT2D eigenvalue weighted by Gasteiger charge is 2.26. The van der Waals surface area contributed by atoms with E-state index in [4.69, 9.17) is 4.74 Å². The van der Waals surface area contributed by atoms with E-state index in [1.165, 1.54) is 12.1 Å². The fourth-order valence-electron chi connectivity index (χ4n) is 2.64. The number of methoxy groups -OCH3 is 1. The van der Waals surface area contributed by atoms with Crippen molar-refractivity contribution in [3.05, 3.63) is 65.5 Å². The molecule has 0 aromatic heterocycles. The molecule has 2 aromatic carbocycles. The van der Waals surface area contributed by atoms with E-state index >= 15 is 0 Å². The molecule has 0 bridgehead atoms. The van der Waals surface area contributed by atoms with Gasteiger partial charge in [0.1, 0.15) is 17.6 Å². The van der Waals surface area contributed by atoms with Gasteiger partial charge in [0.15, 0.2) is 0 Å². The van der Waals surface area contributed by atoms with Crippen LogP contribution in [0.25, 0.3) is 0 Å². The lowest BCUT2D eigenvalue weighted by atomic mass is 10.0. The highest BCUT2D eigenvalue weighted by molar-refractivity contribution is 5.97. The van der Waals surface area contributed by atoms with Crippen LogP contribution >= 0.6 is 0 Å². The molecule has 0 aliphatic carbocycles. The Balaban J connectivity index is 2.05. The predicted molar refractivity (Wildman–Crippen MR) is 102 cm³/mol. The van der Waals surface area contributed by atoms with E-state index in [1.54, 1.807) is 43.5 Å². The van der Waals surface area contributed by atoms with Crippen molar-refractivity contribution in [2.24, 2.45) is 5.92 Å². The van der Waals surface area contributed by atoms with Gasteiger partial charge in [0.05, 0.1) is 13.2 Å². The SMILES string of the molecule is COc1ccc(C(=O)N[C@H](C(=O)N[C@H](C)c2ccc(F)cc2)C(C)C)cc1. The summed E-state index contributed by atoms with van der Waals surface area (Å²) in [6, 6.07) is 11.6. The van der Waals surface area contributed by atoms with Crippen molar-refractivity contribution in [2.45, 2.75) is 32.9 Å². The molecule has 6 heteroatoms. The highest BCUT2D eigenvalue weighted by Crippen LogP contribution is 2.15. The maximum atomic E-state index is 13.1. The van der Waals surface area contributed by atoms with Gasteiger partial charge in [0.2, 0.25) is 5.91 Å². The fraction of sp³-hybridized carbons (Fsp3) is 0.333. The summed E-state index contributed by atoms with van der Waals surface area (Å²) < 4.78 is 18.1. The van der Waals surface area contributed by atoms with E-state index in [-0.39, 0.29) is 29.6 Å². The number of amides is 2. The third-order valence-corrected chi connectivity index (χ3v) is 4.32. The van der Waals surface area contributed by atoms with Crippen molar-refractivity contribution in [1.82, 2.24) is 10.6 Å². The monoisotopic (exact) mass is 372 g/mol. The van der Waals surface area contributed by atoms with Gasteiger partial charge in [-0.15, -0.1) is 0 Å². The summed E-state index contributed by atoms with van der Waals surface area (Å²) in [5.41, 5.74) is 1.23. The summed E-state index contributed by atoms with van der Waals surface area (Å²) in [5, 5.41) is 5.66. The first-order valence-electron chi connectivity index (χ1n) is 8.82. The van der Waals surface area contributed by atoms with Crippen LogP contribution in [0.4, 0.5) is 4.39 Å². The van der Waals surface area contributed by atoms with Crippen LogP contribution in [-0.2, 0) is 4.79 Å². The van der Waals surface area contributed by atoms with E-state index in [2.05, 4.69) is 10.6 Å². The van der Waals surface area contributed by atoms with Gasteiger partial charge in [-0.3, -0.25) is 9.59 Å². The lowest BCUT2D eigenvalue weighted by Crippen LogP contribution is -2.50. The number of hydrogen-bond donors (Lipinski definition) is 2. The molecule has 144 valence electrons. The van der Waals surface area contributed by atoms with Gasteiger partial charge in [0, 0.05) is 5.56 Å². The largest absolute Gasteiger partial charge is 0.497 e. The molecule has 2 atom stereocenters. The van der Waals surface area contributed by atoms with E-state index in [0.29, 0.717) is 11.3 Å². The molecule has 0 aliphatic rings. The first-order valence-corrected chi connectivity index (χ1v) is 8.82. The summed E-state index contributed by atoms with van der Waals surface area (Å²) in [6.45, 7) is 5.54. The number of benzene rings is 2. The zero-order valence-electron chi connectivity index (χ0n) is 16.0. The fourth-order valence-corrected chi connectivity index (χ4v) is 2.64. The molecule has 2 N–H and O–H groups in total. The van der Waals surface area contributed by atoms with Crippen LogP contribution in [0.5, 0.6) is 5.75 Å². The van der Waals surface area contributed by atoms with Gasteiger partial charge < -0.3 is 15.4 Å². The van der Waals surface area contributed by atoms with Gasteiger partial charge in [-0.2, -0.15) is 0 Å². The Labute approximate surface area is 158 Å². The summed E-state index contributed by atoms with van der Waals surface area (Å²) in [7, 11) is 1.55. The van der Waals surface area contributed by atoms with E-state index in [9.17, 15) is 14.0 Å². The minimum atomic E-state index is -0.692. The Hall–Kier alpha value is -2.89. The summed E-state index contributed by atoms with van der Waals surface area (Å²) in [4.78, 5) is 25.2. The smallest absolute Gasteiger partial charge is 0.251 e. The van der Waals surface area contributed by atoms with E-state index in [1.807, 2.05) is 20.8 Å². The van der Waals surface area contributed by atoms with Gasteiger partial charge in [-0.25, -0.2) is 4.39 Å². The van der Waals surface area contributed by atoms with Gasteiger partial charge >= 0.3 is 0 Å². The van der Waals surface area contributed by atoms with E-state index < -0.39 is 6.04 Å². The maximum absolute atomic E-state index is 13.1. The number of ether oxygens (including phenoxy) is 1.